The van der Waals surface area contributed by atoms with Crippen LogP contribution in [0.5, 0.6) is 5.75 Å². The van der Waals surface area contributed by atoms with Crippen LogP contribution in [0.1, 0.15) is 38.9 Å². The number of ether oxygens (including phenoxy) is 1. The van der Waals surface area contributed by atoms with Crippen molar-refractivity contribution in [3.8, 4) is 5.75 Å². The maximum Gasteiger partial charge on any atom is 0.126 e. The summed E-state index contributed by atoms with van der Waals surface area (Å²) in [5.41, 5.74) is 0.840. The van der Waals surface area contributed by atoms with Crippen molar-refractivity contribution in [3.05, 3.63) is 28.2 Å². The highest BCUT2D eigenvalue weighted by molar-refractivity contribution is 9.10. The predicted molar refractivity (Wildman–Crippen MR) is 69.7 cm³/mol. The van der Waals surface area contributed by atoms with Crippen LogP contribution in [0.4, 0.5) is 0 Å². The maximum atomic E-state index is 9.61. The smallest absolute Gasteiger partial charge is 0.126 e. The molecule has 90 valence electrons. The minimum absolute atomic E-state index is 0.498. The first kappa shape index (κ1) is 13.5. The molecule has 0 aromatic heterocycles. The number of aliphatic hydroxyl groups excluding tert-OH is 1. The van der Waals surface area contributed by atoms with Crippen molar-refractivity contribution >= 4 is 15.9 Å². The van der Waals surface area contributed by atoms with Crippen molar-refractivity contribution < 1.29 is 9.84 Å². The van der Waals surface area contributed by atoms with E-state index < -0.39 is 6.10 Å². The molecule has 2 nitrogen and oxygen atoms in total. The van der Waals surface area contributed by atoms with Crippen molar-refractivity contribution in [1.29, 1.82) is 0 Å². The Morgan fingerprint density at radius 1 is 1.31 bits per heavy atom. The molecule has 1 aromatic carbocycles. The fourth-order valence-electron chi connectivity index (χ4n) is 1.38. The van der Waals surface area contributed by atoms with E-state index in [-0.39, 0.29) is 0 Å². The van der Waals surface area contributed by atoms with Crippen molar-refractivity contribution in [3.63, 3.8) is 0 Å². The zero-order chi connectivity index (χ0) is 12.1. The third-order valence-electron chi connectivity index (χ3n) is 2.38. The van der Waals surface area contributed by atoms with Gasteiger partial charge in [0.25, 0.3) is 0 Å². The van der Waals surface area contributed by atoms with Crippen LogP contribution in [-0.2, 0) is 0 Å². The molecule has 0 bridgehead atoms. The molecule has 0 fully saturated rings. The van der Waals surface area contributed by atoms with Crippen LogP contribution in [0.2, 0.25) is 0 Å². The Morgan fingerprint density at radius 3 is 2.56 bits per heavy atom. The number of hydrogen-bond acceptors (Lipinski definition) is 2. The first-order valence-electron chi connectivity index (χ1n) is 5.61. The summed E-state index contributed by atoms with van der Waals surface area (Å²) in [5.74, 6) is 1.40. The van der Waals surface area contributed by atoms with Gasteiger partial charge < -0.3 is 9.84 Å². The second-order valence-corrected chi connectivity index (χ2v) is 5.30. The second kappa shape index (κ2) is 6.26. The van der Waals surface area contributed by atoms with Crippen molar-refractivity contribution in [1.82, 2.24) is 0 Å². The van der Waals surface area contributed by atoms with Gasteiger partial charge in [-0.3, -0.25) is 0 Å². The van der Waals surface area contributed by atoms with E-state index in [1.807, 2.05) is 18.2 Å². The summed E-state index contributed by atoms with van der Waals surface area (Å²) in [6, 6.07) is 5.71. The third-order valence-corrected chi connectivity index (χ3v) is 2.87. The van der Waals surface area contributed by atoms with Crippen LogP contribution in [0.25, 0.3) is 0 Å². The quantitative estimate of drug-likeness (QED) is 0.889. The Hall–Kier alpha value is -0.540. The zero-order valence-corrected chi connectivity index (χ0v) is 11.6. The van der Waals surface area contributed by atoms with Gasteiger partial charge in [0.05, 0.1) is 12.7 Å². The molecule has 0 amide bonds. The molecule has 1 unspecified atom stereocenters. The van der Waals surface area contributed by atoms with Gasteiger partial charge in [-0.2, -0.15) is 0 Å². The summed E-state index contributed by atoms with van der Waals surface area (Å²) < 4.78 is 6.67. The van der Waals surface area contributed by atoms with Crippen LogP contribution in [0.3, 0.4) is 0 Å². The molecule has 1 atom stereocenters. The average molecular weight is 287 g/mol. The highest BCUT2D eigenvalue weighted by Gasteiger charge is 2.09. The number of aliphatic hydroxyl groups is 1. The van der Waals surface area contributed by atoms with Gasteiger partial charge in [0.2, 0.25) is 0 Å². The molecular formula is C13H19BrO2. The largest absolute Gasteiger partial charge is 0.493 e. The summed E-state index contributed by atoms with van der Waals surface area (Å²) >= 11 is 3.40. The number of hydrogen-bond donors (Lipinski definition) is 1. The van der Waals surface area contributed by atoms with Gasteiger partial charge in [0, 0.05) is 10.0 Å². The molecular weight excluding hydrogens is 268 g/mol. The predicted octanol–water partition coefficient (Wildman–Crippen LogP) is 3.93. The molecule has 1 aromatic rings. The molecule has 3 heteroatoms. The topological polar surface area (TPSA) is 29.5 Å². The molecule has 0 saturated carbocycles. The molecule has 0 spiro atoms. The lowest BCUT2D eigenvalue weighted by Gasteiger charge is -2.14. The van der Waals surface area contributed by atoms with Gasteiger partial charge in [-0.1, -0.05) is 35.8 Å². The summed E-state index contributed by atoms with van der Waals surface area (Å²) in [7, 11) is 0. The maximum absolute atomic E-state index is 9.61. The van der Waals surface area contributed by atoms with Crippen LogP contribution >= 0.6 is 15.9 Å². The first-order chi connectivity index (χ1) is 7.50. The lowest BCUT2D eigenvalue weighted by atomic mass is 10.1. The second-order valence-electron chi connectivity index (χ2n) is 4.39. The van der Waals surface area contributed by atoms with E-state index >= 15 is 0 Å². The van der Waals surface area contributed by atoms with Gasteiger partial charge >= 0.3 is 0 Å². The van der Waals surface area contributed by atoms with E-state index in [1.165, 1.54) is 0 Å². The van der Waals surface area contributed by atoms with Gasteiger partial charge in [0.1, 0.15) is 5.75 Å². The molecule has 0 saturated heterocycles. The molecule has 1 N–H and O–H groups in total. The van der Waals surface area contributed by atoms with Crippen LogP contribution < -0.4 is 4.74 Å². The van der Waals surface area contributed by atoms with E-state index in [4.69, 9.17) is 4.74 Å². The Kier molecular flexibility index (Phi) is 5.29. The van der Waals surface area contributed by atoms with Crippen LogP contribution in [0, 0.1) is 5.92 Å². The standard InChI is InChI=1S/C13H19BrO2/c1-9(2)6-7-16-13-8-11(14)4-5-12(13)10(3)15/h4-5,8-10,15H,6-7H2,1-3H3. The normalized spacial score (nSPS) is 12.9. The van der Waals surface area contributed by atoms with E-state index in [1.54, 1.807) is 6.92 Å². The Labute approximate surface area is 106 Å². The fraction of sp³-hybridized carbons (Fsp3) is 0.538. The van der Waals surface area contributed by atoms with Gasteiger partial charge in [-0.05, 0) is 31.4 Å². The molecule has 0 radical (unpaired) electrons. The van der Waals surface area contributed by atoms with Crippen LogP contribution in [0.15, 0.2) is 22.7 Å². The molecule has 1 rings (SSSR count). The van der Waals surface area contributed by atoms with Gasteiger partial charge in [-0.25, -0.2) is 0 Å². The average Bonchev–Trinajstić information content (AvgIpc) is 2.16. The summed E-state index contributed by atoms with van der Waals surface area (Å²) in [5, 5.41) is 9.61. The molecule has 0 aliphatic rings. The van der Waals surface area contributed by atoms with E-state index in [9.17, 15) is 5.11 Å². The molecule has 0 aliphatic heterocycles. The van der Waals surface area contributed by atoms with Crippen molar-refractivity contribution in [2.24, 2.45) is 5.92 Å². The molecule has 0 aliphatic carbocycles. The van der Waals surface area contributed by atoms with Crippen molar-refractivity contribution in [2.75, 3.05) is 6.61 Å². The number of rotatable bonds is 5. The SMILES string of the molecule is CC(C)CCOc1cc(Br)ccc1C(C)O. The minimum Gasteiger partial charge on any atom is -0.493 e. The zero-order valence-electron chi connectivity index (χ0n) is 10.0. The summed E-state index contributed by atoms with van der Waals surface area (Å²) in [6.07, 6.45) is 0.522. The highest BCUT2D eigenvalue weighted by Crippen LogP contribution is 2.28. The van der Waals surface area contributed by atoms with E-state index in [2.05, 4.69) is 29.8 Å². The first-order valence-corrected chi connectivity index (χ1v) is 6.40. The van der Waals surface area contributed by atoms with Gasteiger partial charge in [0.15, 0.2) is 0 Å². The minimum atomic E-state index is -0.498. The molecule has 16 heavy (non-hydrogen) atoms. The molecule has 0 heterocycles. The van der Waals surface area contributed by atoms with E-state index in [0.29, 0.717) is 12.5 Å². The monoisotopic (exact) mass is 286 g/mol. The Morgan fingerprint density at radius 2 is 2.00 bits per heavy atom. The number of halogens is 1. The lowest BCUT2D eigenvalue weighted by molar-refractivity contribution is 0.190. The van der Waals surface area contributed by atoms with E-state index in [0.717, 1.165) is 22.2 Å². The Bertz CT molecular complexity index is 335. The number of benzene rings is 1. The fourth-order valence-corrected chi connectivity index (χ4v) is 1.72. The van der Waals surface area contributed by atoms with Gasteiger partial charge in [-0.15, -0.1) is 0 Å². The lowest BCUT2D eigenvalue weighted by Crippen LogP contribution is -2.04. The Balaban J connectivity index is 2.72. The highest BCUT2D eigenvalue weighted by atomic mass is 79.9. The van der Waals surface area contributed by atoms with Crippen LogP contribution in [-0.4, -0.2) is 11.7 Å². The van der Waals surface area contributed by atoms with Crippen molar-refractivity contribution in [2.45, 2.75) is 33.3 Å². The third kappa shape index (κ3) is 4.14. The summed E-state index contributed by atoms with van der Waals surface area (Å²) in [4.78, 5) is 0. The summed E-state index contributed by atoms with van der Waals surface area (Å²) in [6.45, 7) is 6.77.